The van der Waals surface area contributed by atoms with Crippen molar-refractivity contribution >= 4 is 28.4 Å². The van der Waals surface area contributed by atoms with Gasteiger partial charge in [-0.05, 0) is 45.7 Å². The van der Waals surface area contributed by atoms with Gasteiger partial charge in [-0.1, -0.05) is 23.8 Å². The standard InChI is InChI=1S/C18H21NO4S/c1-10-6-7-11(2)12(8-10)13-9-24-15(14(13)16(20)21)19-17(22)23-18(3,4)5/h6-9H,1-5H3,(H,19,22)(H,20,21). The molecular formula is C18H21NO4S. The summed E-state index contributed by atoms with van der Waals surface area (Å²) in [5.41, 5.74) is 2.89. The van der Waals surface area contributed by atoms with E-state index >= 15 is 0 Å². The Bertz CT molecular complexity index is 787. The summed E-state index contributed by atoms with van der Waals surface area (Å²) < 4.78 is 5.20. The van der Waals surface area contributed by atoms with Crippen molar-refractivity contribution in [2.45, 2.75) is 40.2 Å². The number of benzene rings is 1. The average Bonchev–Trinajstić information content (AvgIpc) is 2.82. The van der Waals surface area contributed by atoms with Crippen molar-refractivity contribution in [3.63, 3.8) is 0 Å². The number of carboxylic acids is 1. The first-order valence-corrected chi connectivity index (χ1v) is 8.39. The van der Waals surface area contributed by atoms with Crippen LogP contribution in [0.2, 0.25) is 0 Å². The highest BCUT2D eigenvalue weighted by molar-refractivity contribution is 7.15. The fourth-order valence-corrected chi connectivity index (χ4v) is 3.22. The number of ether oxygens (including phenoxy) is 1. The lowest BCUT2D eigenvalue weighted by molar-refractivity contribution is 0.0636. The molecular weight excluding hydrogens is 326 g/mol. The number of anilines is 1. The molecule has 128 valence electrons. The number of rotatable bonds is 3. The van der Waals surface area contributed by atoms with E-state index in [9.17, 15) is 14.7 Å². The first-order chi connectivity index (χ1) is 11.1. The van der Waals surface area contributed by atoms with E-state index in [2.05, 4.69) is 5.32 Å². The van der Waals surface area contributed by atoms with E-state index < -0.39 is 17.7 Å². The normalized spacial score (nSPS) is 11.2. The van der Waals surface area contributed by atoms with E-state index in [1.165, 1.54) is 11.3 Å². The van der Waals surface area contributed by atoms with E-state index in [1.54, 1.807) is 26.2 Å². The van der Waals surface area contributed by atoms with Crippen LogP contribution in [0.25, 0.3) is 11.1 Å². The van der Waals surface area contributed by atoms with E-state index in [4.69, 9.17) is 4.74 Å². The molecule has 5 nitrogen and oxygen atoms in total. The van der Waals surface area contributed by atoms with Crippen molar-refractivity contribution in [1.29, 1.82) is 0 Å². The van der Waals surface area contributed by atoms with Gasteiger partial charge in [0.15, 0.2) is 0 Å². The summed E-state index contributed by atoms with van der Waals surface area (Å²) in [7, 11) is 0. The summed E-state index contributed by atoms with van der Waals surface area (Å²) in [6.07, 6.45) is -0.667. The van der Waals surface area contributed by atoms with Crippen LogP contribution < -0.4 is 5.32 Å². The lowest BCUT2D eigenvalue weighted by Crippen LogP contribution is -2.27. The maximum absolute atomic E-state index is 12.0. The van der Waals surface area contributed by atoms with Crippen LogP contribution in [0.5, 0.6) is 0 Å². The first kappa shape index (κ1) is 18.0. The van der Waals surface area contributed by atoms with E-state index in [1.807, 2.05) is 32.0 Å². The first-order valence-electron chi connectivity index (χ1n) is 7.51. The van der Waals surface area contributed by atoms with E-state index in [-0.39, 0.29) is 10.6 Å². The van der Waals surface area contributed by atoms with Gasteiger partial charge < -0.3 is 9.84 Å². The lowest BCUT2D eigenvalue weighted by atomic mass is 9.97. The summed E-state index contributed by atoms with van der Waals surface area (Å²) in [4.78, 5) is 23.7. The number of carbonyl (C=O) groups is 2. The second kappa shape index (κ2) is 6.65. The summed E-state index contributed by atoms with van der Waals surface area (Å²) in [5, 5.41) is 14.2. The molecule has 0 unspecified atom stereocenters. The van der Waals surface area contributed by atoms with Crippen LogP contribution in [0.4, 0.5) is 9.80 Å². The molecule has 0 saturated carbocycles. The lowest BCUT2D eigenvalue weighted by Gasteiger charge is -2.19. The van der Waals surface area contributed by atoms with Crippen LogP contribution in [-0.2, 0) is 4.74 Å². The minimum absolute atomic E-state index is 0.0829. The molecule has 24 heavy (non-hydrogen) atoms. The van der Waals surface area contributed by atoms with Gasteiger partial charge in [-0.25, -0.2) is 9.59 Å². The van der Waals surface area contributed by atoms with Crippen molar-refractivity contribution in [3.8, 4) is 11.1 Å². The quantitative estimate of drug-likeness (QED) is 0.812. The van der Waals surface area contributed by atoms with Gasteiger partial charge in [-0.3, -0.25) is 5.32 Å². The van der Waals surface area contributed by atoms with Gasteiger partial charge in [0.1, 0.15) is 16.2 Å². The Morgan fingerprint density at radius 2 is 1.83 bits per heavy atom. The Hall–Kier alpha value is -2.34. The Morgan fingerprint density at radius 1 is 1.17 bits per heavy atom. The number of hydrogen-bond acceptors (Lipinski definition) is 4. The molecule has 2 aromatic rings. The van der Waals surface area contributed by atoms with Crippen LogP contribution in [-0.4, -0.2) is 22.8 Å². The second-order valence-electron chi connectivity index (χ2n) is 6.60. The molecule has 0 aliphatic heterocycles. The Morgan fingerprint density at radius 3 is 2.42 bits per heavy atom. The minimum atomic E-state index is -1.08. The van der Waals surface area contributed by atoms with Gasteiger partial charge in [0, 0.05) is 10.9 Å². The molecule has 2 N–H and O–H groups in total. The number of carbonyl (C=O) groups excluding carboxylic acids is 1. The maximum Gasteiger partial charge on any atom is 0.412 e. The zero-order chi connectivity index (χ0) is 18.1. The van der Waals surface area contributed by atoms with Crippen LogP contribution in [0.1, 0.15) is 42.3 Å². The van der Waals surface area contributed by atoms with Crippen molar-refractivity contribution in [2.24, 2.45) is 0 Å². The smallest absolute Gasteiger partial charge is 0.412 e. The third-order valence-corrected chi connectivity index (χ3v) is 4.20. The van der Waals surface area contributed by atoms with Gasteiger partial charge in [0.05, 0.1) is 0 Å². The number of carboxylic acid groups (broad SMARTS) is 1. The second-order valence-corrected chi connectivity index (χ2v) is 7.48. The Kier molecular flexibility index (Phi) is 4.99. The van der Waals surface area contributed by atoms with Gasteiger partial charge in [-0.2, -0.15) is 0 Å². The molecule has 0 aliphatic carbocycles. The topological polar surface area (TPSA) is 75.6 Å². The van der Waals surface area contributed by atoms with E-state index in [0.29, 0.717) is 5.56 Å². The molecule has 0 spiro atoms. The third kappa shape index (κ3) is 4.14. The fourth-order valence-electron chi connectivity index (χ4n) is 2.28. The van der Waals surface area contributed by atoms with Gasteiger partial charge in [0.2, 0.25) is 0 Å². The van der Waals surface area contributed by atoms with Gasteiger partial charge >= 0.3 is 12.1 Å². The Labute approximate surface area is 145 Å². The molecule has 6 heteroatoms. The van der Waals surface area contributed by atoms with Gasteiger partial charge in [-0.15, -0.1) is 11.3 Å². The molecule has 0 atom stereocenters. The molecule has 0 bridgehead atoms. The largest absolute Gasteiger partial charge is 0.478 e. The number of nitrogens with one attached hydrogen (secondary N) is 1. The maximum atomic E-state index is 12.0. The monoisotopic (exact) mass is 347 g/mol. The van der Waals surface area contributed by atoms with Crippen LogP contribution in [0, 0.1) is 13.8 Å². The zero-order valence-electron chi connectivity index (χ0n) is 14.4. The SMILES string of the molecule is Cc1ccc(C)c(-c2csc(NC(=O)OC(C)(C)C)c2C(=O)O)c1. The third-order valence-electron chi connectivity index (χ3n) is 3.30. The number of aryl methyl sites for hydroxylation is 2. The molecule has 1 aromatic heterocycles. The molecule has 1 aromatic carbocycles. The average molecular weight is 347 g/mol. The number of thiophene rings is 1. The molecule has 0 radical (unpaired) electrons. The highest BCUT2D eigenvalue weighted by Crippen LogP contribution is 2.37. The zero-order valence-corrected chi connectivity index (χ0v) is 15.2. The molecule has 1 amide bonds. The van der Waals surface area contributed by atoms with Crippen LogP contribution in [0.3, 0.4) is 0 Å². The van der Waals surface area contributed by atoms with Crippen LogP contribution in [0.15, 0.2) is 23.6 Å². The molecule has 0 aliphatic rings. The van der Waals surface area contributed by atoms with E-state index in [0.717, 1.165) is 16.7 Å². The van der Waals surface area contributed by atoms with Crippen molar-refractivity contribution in [2.75, 3.05) is 5.32 Å². The van der Waals surface area contributed by atoms with Crippen molar-refractivity contribution < 1.29 is 19.4 Å². The molecule has 1 heterocycles. The number of aromatic carboxylic acids is 1. The summed E-state index contributed by atoms with van der Waals surface area (Å²) in [6.45, 7) is 9.14. The molecule has 0 saturated heterocycles. The number of hydrogen-bond donors (Lipinski definition) is 2. The molecule has 2 rings (SSSR count). The predicted octanol–water partition coefficient (Wildman–Crippen LogP) is 5.08. The molecule has 0 fully saturated rings. The predicted molar refractivity (Wildman–Crippen MR) is 96.0 cm³/mol. The summed E-state index contributed by atoms with van der Waals surface area (Å²) >= 11 is 1.18. The van der Waals surface area contributed by atoms with Gasteiger partial charge in [0.25, 0.3) is 0 Å². The highest BCUT2D eigenvalue weighted by Gasteiger charge is 2.24. The summed E-state index contributed by atoms with van der Waals surface area (Å²) in [5.74, 6) is -1.08. The van der Waals surface area contributed by atoms with Crippen LogP contribution >= 0.6 is 11.3 Å². The fraction of sp³-hybridized carbons (Fsp3) is 0.333. The minimum Gasteiger partial charge on any atom is -0.478 e. The summed E-state index contributed by atoms with van der Waals surface area (Å²) in [6, 6.07) is 5.88. The highest BCUT2D eigenvalue weighted by atomic mass is 32.1. The van der Waals surface area contributed by atoms with Crippen molar-refractivity contribution in [3.05, 3.63) is 40.3 Å². The van der Waals surface area contributed by atoms with Crippen molar-refractivity contribution in [1.82, 2.24) is 0 Å². The Balaban J connectivity index is 2.43. The number of amides is 1.